The Morgan fingerprint density at radius 2 is 1.93 bits per heavy atom. The second kappa shape index (κ2) is 4.77. The van der Waals surface area contributed by atoms with Crippen LogP contribution in [0.4, 0.5) is 0 Å². The maximum absolute atomic E-state index is 11.7. The molecule has 0 saturated carbocycles. The first kappa shape index (κ1) is 10.7. The van der Waals surface area contributed by atoms with Crippen LogP contribution in [0.25, 0.3) is 0 Å². The largest absolute Gasteiger partial charge is 0.348 e. The first-order valence-electron chi connectivity index (χ1n) is 4.63. The fraction of sp³-hybridized carbons (Fsp3) is 0.364. The van der Waals surface area contributed by atoms with Crippen molar-refractivity contribution in [3.8, 4) is 0 Å². The van der Waals surface area contributed by atoms with Crippen LogP contribution in [0.15, 0.2) is 30.3 Å². The van der Waals surface area contributed by atoms with Gasteiger partial charge >= 0.3 is 0 Å². The Kier molecular flexibility index (Phi) is 3.65. The van der Waals surface area contributed by atoms with Crippen molar-refractivity contribution < 1.29 is 4.79 Å². The minimum Gasteiger partial charge on any atom is -0.348 e. The second-order valence-electron chi connectivity index (χ2n) is 3.43. The number of likely N-dealkylation sites (N-methyl/N-ethyl adjacent to an activating group) is 1. The molecule has 2 N–H and O–H groups in total. The summed E-state index contributed by atoms with van der Waals surface area (Å²) in [6.45, 7) is 0.348. The van der Waals surface area contributed by atoms with Gasteiger partial charge in [0.1, 0.15) is 0 Å². The van der Waals surface area contributed by atoms with E-state index >= 15 is 0 Å². The molecule has 0 spiro atoms. The molecule has 0 fully saturated rings. The zero-order valence-electron chi connectivity index (χ0n) is 8.60. The highest BCUT2D eigenvalue weighted by Crippen LogP contribution is 2.15. The molecule has 0 aromatic heterocycles. The number of nitrogens with zero attached hydrogens (tertiary/aromatic N) is 1. The van der Waals surface area contributed by atoms with Gasteiger partial charge in [-0.05, 0) is 5.56 Å². The van der Waals surface area contributed by atoms with Crippen molar-refractivity contribution in [3.05, 3.63) is 35.9 Å². The molecule has 1 rings (SSSR count). The lowest BCUT2D eigenvalue weighted by molar-refractivity contribution is -0.130. The van der Waals surface area contributed by atoms with E-state index in [-0.39, 0.29) is 11.8 Å². The van der Waals surface area contributed by atoms with Crippen LogP contribution < -0.4 is 5.73 Å². The molecule has 0 heterocycles. The lowest BCUT2D eigenvalue weighted by atomic mass is 9.98. The van der Waals surface area contributed by atoms with Crippen LogP contribution in [0.5, 0.6) is 0 Å². The monoisotopic (exact) mass is 192 g/mol. The number of amides is 1. The Balaban J connectivity index is 2.88. The minimum atomic E-state index is -0.216. The van der Waals surface area contributed by atoms with Gasteiger partial charge in [0.2, 0.25) is 5.91 Å². The molecule has 1 aromatic rings. The topological polar surface area (TPSA) is 46.3 Å². The molecule has 0 bridgehead atoms. The van der Waals surface area contributed by atoms with Crippen LogP contribution in [0.1, 0.15) is 11.5 Å². The van der Waals surface area contributed by atoms with Gasteiger partial charge in [0.05, 0.1) is 5.92 Å². The number of carbonyl (C=O) groups is 1. The number of carbonyl (C=O) groups excluding carboxylic acids is 1. The van der Waals surface area contributed by atoms with Gasteiger partial charge in [0, 0.05) is 20.6 Å². The number of hydrogen-bond acceptors (Lipinski definition) is 2. The first-order chi connectivity index (χ1) is 6.66. The summed E-state index contributed by atoms with van der Waals surface area (Å²) in [5.41, 5.74) is 6.58. The van der Waals surface area contributed by atoms with E-state index in [1.54, 1.807) is 19.0 Å². The minimum absolute atomic E-state index is 0.0544. The summed E-state index contributed by atoms with van der Waals surface area (Å²) in [6, 6.07) is 9.62. The van der Waals surface area contributed by atoms with E-state index in [4.69, 9.17) is 5.73 Å². The third-order valence-electron chi connectivity index (χ3n) is 2.18. The van der Waals surface area contributed by atoms with Gasteiger partial charge in [-0.1, -0.05) is 30.3 Å². The molecule has 3 heteroatoms. The third kappa shape index (κ3) is 2.33. The number of nitrogens with two attached hydrogens (primary N) is 1. The van der Waals surface area contributed by atoms with Crippen molar-refractivity contribution in [2.75, 3.05) is 20.6 Å². The standard InChI is InChI=1S/C11H16N2O/c1-13(2)11(14)10(8-12)9-6-4-3-5-7-9/h3-7,10H,8,12H2,1-2H3/t10-/m1/s1. The van der Waals surface area contributed by atoms with Gasteiger partial charge in [-0.3, -0.25) is 4.79 Å². The van der Waals surface area contributed by atoms with Crippen molar-refractivity contribution in [2.24, 2.45) is 5.73 Å². The molecular weight excluding hydrogens is 176 g/mol. The van der Waals surface area contributed by atoms with Crippen molar-refractivity contribution in [1.82, 2.24) is 4.90 Å². The highest BCUT2D eigenvalue weighted by Gasteiger charge is 2.19. The molecule has 3 nitrogen and oxygen atoms in total. The van der Waals surface area contributed by atoms with E-state index in [0.29, 0.717) is 6.54 Å². The Labute approximate surface area is 84.5 Å². The van der Waals surface area contributed by atoms with Gasteiger partial charge in [-0.15, -0.1) is 0 Å². The highest BCUT2D eigenvalue weighted by atomic mass is 16.2. The van der Waals surface area contributed by atoms with Gasteiger partial charge in [-0.25, -0.2) is 0 Å². The molecular formula is C11H16N2O. The zero-order valence-corrected chi connectivity index (χ0v) is 8.60. The molecule has 1 amide bonds. The van der Waals surface area contributed by atoms with Crippen molar-refractivity contribution in [3.63, 3.8) is 0 Å². The molecule has 76 valence electrons. The Morgan fingerprint density at radius 3 is 2.36 bits per heavy atom. The van der Waals surface area contributed by atoms with Gasteiger partial charge in [-0.2, -0.15) is 0 Å². The van der Waals surface area contributed by atoms with Crippen LogP contribution >= 0.6 is 0 Å². The molecule has 1 aromatic carbocycles. The summed E-state index contributed by atoms with van der Waals surface area (Å²) in [6.07, 6.45) is 0. The van der Waals surface area contributed by atoms with E-state index < -0.39 is 0 Å². The summed E-state index contributed by atoms with van der Waals surface area (Å²) in [7, 11) is 3.49. The predicted octanol–water partition coefficient (Wildman–Crippen LogP) is 0.817. The number of rotatable bonds is 3. The van der Waals surface area contributed by atoms with Crippen LogP contribution in [-0.2, 0) is 4.79 Å². The molecule has 0 aliphatic carbocycles. The van der Waals surface area contributed by atoms with Crippen LogP contribution in [0, 0.1) is 0 Å². The number of benzene rings is 1. The van der Waals surface area contributed by atoms with Gasteiger partial charge in [0.25, 0.3) is 0 Å². The lowest BCUT2D eigenvalue weighted by Gasteiger charge is -2.19. The Hall–Kier alpha value is -1.35. The van der Waals surface area contributed by atoms with E-state index in [1.165, 1.54) is 0 Å². The summed E-state index contributed by atoms with van der Waals surface area (Å²) in [5, 5.41) is 0. The molecule has 1 atom stereocenters. The smallest absolute Gasteiger partial charge is 0.230 e. The average molecular weight is 192 g/mol. The zero-order chi connectivity index (χ0) is 10.6. The SMILES string of the molecule is CN(C)C(=O)[C@H](CN)c1ccccc1. The van der Waals surface area contributed by atoms with Crippen molar-refractivity contribution in [2.45, 2.75) is 5.92 Å². The molecule has 0 aliphatic rings. The normalized spacial score (nSPS) is 12.2. The summed E-state index contributed by atoms with van der Waals surface area (Å²) >= 11 is 0. The highest BCUT2D eigenvalue weighted by molar-refractivity contribution is 5.83. The quantitative estimate of drug-likeness (QED) is 0.770. The third-order valence-corrected chi connectivity index (χ3v) is 2.18. The fourth-order valence-corrected chi connectivity index (χ4v) is 1.38. The van der Waals surface area contributed by atoms with E-state index in [2.05, 4.69) is 0 Å². The van der Waals surface area contributed by atoms with Gasteiger partial charge < -0.3 is 10.6 Å². The summed E-state index contributed by atoms with van der Waals surface area (Å²) in [5.74, 6) is -0.162. The molecule has 0 aliphatic heterocycles. The first-order valence-corrected chi connectivity index (χ1v) is 4.63. The van der Waals surface area contributed by atoms with Crippen LogP contribution in [-0.4, -0.2) is 31.4 Å². The molecule has 0 saturated heterocycles. The molecule has 0 radical (unpaired) electrons. The Bertz CT molecular complexity index is 295. The maximum atomic E-state index is 11.7. The maximum Gasteiger partial charge on any atom is 0.230 e. The summed E-state index contributed by atoms with van der Waals surface area (Å²) < 4.78 is 0. The molecule has 14 heavy (non-hydrogen) atoms. The predicted molar refractivity (Wildman–Crippen MR) is 56.9 cm³/mol. The lowest BCUT2D eigenvalue weighted by Crippen LogP contribution is -2.32. The molecule has 0 unspecified atom stereocenters. The van der Waals surface area contributed by atoms with E-state index in [1.807, 2.05) is 30.3 Å². The number of hydrogen-bond donors (Lipinski definition) is 1. The average Bonchev–Trinajstić information content (AvgIpc) is 2.20. The van der Waals surface area contributed by atoms with E-state index in [0.717, 1.165) is 5.56 Å². The fourth-order valence-electron chi connectivity index (χ4n) is 1.38. The van der Waals surface area contributed by atoms with Crippen LogP contribution in [0.2, 0.25) is 0 Å². The van der Waals surface area contributed by atoms with Crippen molar-refractivity contribution >= 4 is 5.91 Å². The Morgan fingerprint density at radius 1 is 1.36 bits per heavy atom. The van der Waals surface area contributed by atoms with Crippen LogP contribution in [0.3, 0.4) is 0 Å². The van der Waals surface area contributed by atoms with Crippen molar-refractivity contribution in [1.29, 1.82) is 0 Å². The van der Waals surface area contributed by atoms with E-state index in [9.17, 15) is 4.79 Å². The second-order valence-corrected chi connectivity index (χ2v) is 3.43. The summed E-state index contributed by atoms with van der Waals surface area (Å²) in [4.78, 5) is 13.3. The van der Waals surface area contributed by atoms with Gasteiger partial charge in [0.15, 0.2) is 0 Å².